The lowest BCUT2D eigenvalue weighted by Crippen LogP contribution is -2.04. The maximum Gasteiger partial charge on any atom is 0.0519 e. The van der Waals surface area contributed by atoms with Crippen molar-refractivity contribution in [1.82, 2.24) is 0 Å². The van der Waals surface area contributed by atoms with E-state index in [0.717, 1.165) is 35.5 Å². The molecule has 0 spiro atoms. The highest BCUT2D eigenvalue weighted by Crippen LogP contribution is 2.36. The van der Waals surface area contributed by atoms with E-state index >= 15 is 0 Å². The van der Waals surface area contributed by atoms with Gasteiger partial charge in [0.25, 0.3) is 0 Å². The van der Waals surface area contributed by atoms with Crippen LogP contribution in [0.4, 0.5) is 0 Å². The van der Waals surface area contributed by atoms with Crippen molar-refractivity contribution in [2.75, 3.05) is 12.4 Å². The summed E-state index contributed by atoms with van der Waals surface area (Å²) in [6.07, 6.45) is 8.13. The molecule has 0 aromatic rings. The normalized spacial score (nSPS) is 18.2. The van der Waals surface area contributed by atoms with Crippen LogP contribution in [-0.4, -0.2) is 23.7 Å². The molecule has 2 heteroatoms. The summed E-state index contributed by atoms with van der Waals surface area (Å²) < 4.78 is 5.37. The van der Waals surface area contributed by atoms with Crippen LogP contribution in [-0.2, 0) is 4.74 Å². The number of allylic oxidation sites excluding steroid dienone is 2. The monoisotopic (exact) mass is 470 g/mol. The smallest absolute Gasteiger partial charge is 0.0519 e. The second-order valence-electron chi connectivity index (χ2n) is 11.0. The Balaban J connectivity index is -0.000000329. The SMILES string of the molecule is C.C=C(C)C(C)C.C=CC(C)C.CC(C)C1CC1.CC(C)C1CS1.CC(C)OCC1CC1. The fraction of sp³-hybridized carbons (Fsp3) is 0.867. The molecule has 3 rings (SSSR count). The van der Waals surface area contributed by atoms with Crippen LogP contribution in [0.1, 0.15) is 109 Å². The van der Waals surface area contributed by atoms with Gasteiger partial charge in [0, 0.05) is 17.6 Å². The molecule has 1 nitrogen and oxygen atoms in total. The largest absolute Gasteiger partial charge is 0.379 e. The molecule has 1 atom stereocenters. The van der Waals surface area contributed by atoms with E-state index in [9.17, 15) is 0 Å². The summed E-state index contributed by atoms with van der Waals surface area (Å²) >= 11 is 2.08. The van der Waals surface area contributed by atoms with Gasteiger partial charge in [-0.1, -0.05) is 81.0 Å². The first kappa shape index (κ1) is 36.4. The van der Waals surface area contributed by atoms with Gasteiger partial charge in [-0.3, -0.25) is 0 Å². The Labute approximate surface area is 209 Å². The van der Waals surface area contributed by atoms with Gasteiger partial charge in [-0.15, -0.1) is 6.58 Å². The van der Waals surface area contributed by atoms with Crippen LogP contribution >= 0.6 is 11.8 Å². The van der Waals surface area contributed by atoms with Crippen molar-refractivity contribution in [3.05, 3.63) is 24.8 Å². The maximum absolute atomic E-state index is 5.37. The molecule has 0 aromatic carbocycles. The lowest BCUT2D eigenvalue weighted by molar-refractivity contribution is 0.0707. The minimum atomic E-state index is 0. The maximum atomic E-state index is 5.37. The van der Waals surface area contributed by atoms with Gasteiger partial charge in [0.1, 0.15) is 0 Å². The van der Waals surface area contributed by atoms with Gasteiger partial charge in [-0.25, -0.2) is 0 Å². The molecular formula is C30H62OS. The zero-order valence-electron chi connectivity index (χ0n) is 23.2. The molecule has 32 heavy (non-hydrogen) atoms. The average Bonchev–Trinajstić information content (AvgIpc) is 3.50. The van der Waals surface area contributed by atoms with Crippen molar-refractivity contribution in [2.24, 2.45) is 35.5 Å². The summed E-state index contributed by atoms with van der Waals surface area (Å²) in [6, 6.07) is 0. The first-order valence-corrected chi connectivity index (χ1v) is 13.9. The van der Waals surface area contributed by atoms with E-state index in [0.29, 0.717) is 17.9 Å². The minimum Gasteiger partial charge on any atom is -0.379 e. The van der Waals surface area contributed by atoms with Crippen molar-refractivity contribution in [2.45, 2.75) is 121 Å². The molecule has 1 unspecified atom stereocenters. The van der Waals surface area contributed by atoms with Gasteiger partial charge < -0.3 is 4.74 Å². The van der Waals surface area contributed by atoms with Gasteiger partial charge in [0.05, 0.1) is 6.10 Å². The van der Waals surface area contributed by atoms with E-state index in [2.05, 4.69) is 94.2 Å². The first-order chi connectivity index (χ1) is 14.3. The van der Waals surface area contributed by atoms with Crippen LogP contribution in [0.3, 0.4) is 0 Å². The van der Waals surface area contributed by atoms with Gasteiger partial charge in [0.2, 0.25) is 0 Å². The van der Waals surface area contributed by atoms with E-state index in [-0.39, 0.29) is 7.43 Å². The summed E-state index contributed by atoms with van der Waals surface area (Å²) in [5.74, 6) is 6.62. The Morgan fingerprint density at radius 2 is 1.31 bits per heavy atom. The van der Waals surface area contributed by atoms with E-state index in [1.165, 1.54) is 37.0 Å². The molecule has 194 valence electrons. The molecule has 1 aliphatic heterocycles. The van der Waals surface area contributed by atoms with Crippen LogP contribution in [0.5, 0.6) is 0 Å². The molecule has 3 aliphatic rings. The molecule has 0 aromatic heterocycles. The molecule has 0 bridgehead atoms. The van der Waals surface area contributed by atoms with Crippen LogP contribution < -0.4 is 0 Å². The molecule has 1 heterocycles. The van der Waals surface area contributed by atoms with Crippen molar-refractivity contribution in [3.8, 4) is 0 Å². The van der Waals surface area contributed by atoms with Gasteiger partial charge in [-0.2, -0.15) is 11.8 Å². The summed E-state index contributed by atoms with van der Waals surface area (Å²) in [5.41, 5.74) is 1.26. The van der Waals surface area contributed by atoms with Crippen LogP contribution in [0.15, 0.2) is 24.8 Å². The van der Waals surface area contributed by atoms with E-state index in [1.807, 2.05) is 13.0 Å². The topological polar surface area (TPSA) is 9.23 Å². The van der Waals surface area contributed by atoms with Crippen LogP contribution in [0.2, 0.25) is 0 Å². The average molecular weight is 471 g/mol. The fourth-order valence-corrected chi connectivity index (χ4v) is 2.70. The molecule has 0 amide bonds. The summed E-state index contributed by atoms with van der Waals surface area (Å²) in [7, 11) is 0. The Kier molecular flexibility index (Phi) is 24.2. The van der Waals surface area contributed by atoms with Gasteiger partial charge in [-0.05, 0) is 82.0 Å². The molecule has 2 saturated carbocycles. The third-order valence-electron chi connectivity index (χ3n) is 5.49. The number of ether oxygens (including phenoxy) is 1. The van der Waals surface area contributed by atoms with E-state index in [1.54, 1.807) is 0 Å². The Bertz CT molecular complexity index is 406. The summed E-state index contributed by atoms with van der Waals surface area (Å²) in [5, 5.41) is 1.02. The third-order valence-corrected chi connectivity index (χ3v) is 6.75. The first-order valence-electron chi connectivity index (χ1n) is 12.8. The quantitative estimate of drug-likeness (QED) is 0.270. The Hall–Kier alpha value is -0.210. The van der Waals surface area contributed by atoms with E-state index in [4.69, 9.17) is 4.74 Å². The molecular weight excluding hydrogens is 408 g/mol. The highest BCUT2D eigenvalue weighted by molar-refractivity contribution is 8.06. The lowest BCUT2D eigenvalue weighted by Gasteiger charge is -2.04. The van der Waals surface area contributed by atoms with Gasteiger partial charge in [0.15, 0.2) is 0 Å². The third kappa shape index (κ3) is 32.0. The molecule has 0 radical (unpaired) electrons. The zero-order valence-corrected chi connectivity index (χ0v) is 24.0. The minimum absolute atomic E-state index is 0. The number of hydrogen-bond acceptors (Lipinski definition) is 2. The van der Waals surface area contributed by atoms with Gasteiger partial charge >= 0.3 is 0 Å². The molecule has 0 N–H and O–H groups in total. The highest BCUT2D eigenvalue weighted by Gasteiger charge is 2.25. The Morgan fingerprint density at radius 1 is 0.906 bits per heavy atom. The Morgan fingerprint density at radius 3 is 1.41 bits per heavy atom. The number of rotatable bonds is 7. The van der Waals surface area contributed by atoms with E-state index < -0.39 is 0 Å². The predicted octanol–water partition coefficient (Wildman–Crippen LogP) is 10.3. The predicted molar refractivity (Wildman–Crippen MR) is 154 cm³/mol. The highest BCUT2D eigenvalue weighted by atomic mass is 32.2. The summed E-state index contributed by atoms with van der Waals surface area (Å²) in [6.45, 7) is 32.2. The fourth-order valence-electron chi connectivity index (χ4n) is 1.82. The van der Waals surface area contributed by atoms with Crippen molar-refractivity contribution >= 4 is 11.8 Å². The standard InChI is InChI=1S/C7H14O.2C6H12.C5H10S.C5H10.CH4/c1-6(2)8-5-7-3-4-7;1-5(2)6-3-4-6;1-5(2)6(3)4;1-4(2)5-3-6-5;1-4-5(2)3;/h6-7H,3-5H2,1-2H3;5-6H,3-4H2,1-2H3;6H,1H2,2-4H3;4-5H,3H2,1-2H3;4-5H,1H2,2-3H3;1H4. The number of hydrogen-bond donors (Lipinski definition) is 0. The zero-order chi connectivity index (χ0) is 24.6. The lowest BCUT2D eigenvalue weighted by atomic mass is 10.1. The van der Waals surface area contributed by atoms with Crippen molar-refractivity contribution in [3.63, 3.8) is 0 Å². The van der Waals surface area contributed by atoms with Crippen molar-refractivity contribution < 1.29 is 4.74 Å². The second kappa shape index (κ2) is 21.3. The molecule has 3 fully saturated rings. The van der Waals surface area contributed by atoms with Crippen LogP contribution in [0, 0.1) is 35.5 Å². The second-order valence-corrected chi connectivity index (χ2v) is 12.3. The molecule has 1 saturated heterocycles. The van der Waals surface area contributed by atoms with Crippen molar-refractivity contribution in [1.29, 1.82) is 0 Å². The number of thioether (sulfide) groups is 1. The summed E-state index contributed by atoms with van der Waals surface area (Å²) in [4.78, 5) is 0. The molecule has 2 aliphatic carbocycles. The van der Waals surface area contributed by atoms with Crippen LogP contribution in [0.25, 0.3) is 0 Å².